The molecule has 0 aliphatic heterocycles. The van der Waals surface area contributed by atoms with Crippen molar-refractivity contribution in [2.75, 3.05) is 25.6 Å². The van der Waals surface area contributed by atoms with E-state index in [0.29, 0.717) is 35.5 Å². The van der Waals surface area contributed by atoms with Gasteiger partial charge in [0.1, 0.15) is 17.4 Å². The molecule has 31 heavy (non-hydrogen) atoms. The SMILES string of the molecule is COCCN(Cc1csc(COc2cc(Cl)ccc2Cl)n1)C(=O)Nc1ccc(C)cc1. The molecular formula is C22H23Cl2N3O3S. The molecule has 164 valence electrons. The Morgan fingerprint density at radius 2 is 1.97 bits per heavy atom. The third-order valence-corrected chi connectivity index (χ3v) is 5.77. The van der Waals surface area contributed by atoms with Gasteiger partial charge in [0.05, 0.1) is 23.9 Å². The van der Waals surface area contributed by atoms with Crippen LogP contribution in [0.25, 0.3) is 0 Å². The van der Waals surface area contributed by atoms with Gasteiger partial charge >= 0.3 is 6.03 Å². The summed E-state index contributed by atoms with van der Waals surface area (Å²) in [6, 6.07) is 12.5. The average Bonchev–Trinajstić information content (AvgIpc) is 3.20. The van der Waals surface area contributed by atoms with E-state index in [9.17, 15) is 4.79 Å². The molecule has 0 radical (unpaired) electrons. The number of aromatic nitrogens is 1. The van der Waals surface area contributed by atoms with Gasteiger partial charge in [-0.15, -0.1) is 11.3 Å². The lowest BCUT2D eigenvalue weighted by atomic mass is 10.2. The molecule has 0 saturated heterocycles. The fraction of sp³-hybridized carbons (Fsp3) is 0.273. The second kappa shape index (κ2) is 11.3. The summed E-state index contributed by atoms with van der Waals surface area (Å²) in [5.74, 6) is 0.505. The highest BCUT2D eigenvalue weighted by molar-refractivity contribution is 7.09. The molecule has 1 aromatic heterocycles. The minimum Gasteiger partial charge on any atom is -0.485 e. The quantitative estimate of drug-likeness (QED) is 0.407. The van der Waals surface area contributed by atoms with Gasteiger partial charge in [-0.25, -0.2) is 9.78 Å². The van der Waals surface area contributed by atoms with Gasteiger partial charge in [-0.3, -0.25) is 0 Å². The van der Waals surface area contributed by atoms with Crippen LogP contribution in [0.4, 0.5) is 10.5 Å². The number of amides is 2. The summed E-state index contributed by atoms with van der Waals surface area (Å²) in [5.41, 5.74) is 2.64. The molecule has 0 aliphatic carbocycles. The number of nitrogens with zero attached hydrogens (tertiary/aromatic N) is 2. The first-order valence-electron chi connectivity index (χ1n) is 9.57. The lowest BCUT2D eigenvalue weighted by Crippen LogP contribution is -2.37. The van der Waals surface area contributed by atoms with Crippen LogP contribution < -0.4 is 10.1 Å². The maximum absolute atomic E-state index is 12.8. The summed E-state index contributed by atoms with van der Waals surface area (Å²) in [4.78, 5) is 19.0. The van der Waals surface area contributed by atoms with E-state index < -0.39 is 0 Å². The number of methoxy groups -OCH3 is 1. The van der Waals surface area contributed by atoms with Gasteiger partial charge in [-0.05, 0) is 31.2 Å². The van der Waals surface area contributed by atoms with Crippen LogP contribution in [0.15, 0.2) is 47.8 Å². The lowest BCUT2D eigenvalue weighted by molar-refractivity contribution is 0.152. The highest BCUT2D eigenvalue weighted by Gasteiger charge is 2.16. The Morgan fingerprint density at radius 3 is 2.71 bits per heavy atom. The summed E-state index contributed by atoms with van der Waals surface area (Å²) < 4.78 is 10.9. The van der Waals surface area contributed by atoms with Crippen LogP contribution in [0, 0.1) is 6.92 Å². The third kappa shape index (κ3) is 7.11. The second-order valence-corrected chi connectivity index (χ2v) is 8.59. The number of benzene rings is 2. The van der Waals surface area contributed by atoms with Gasteiger partial charge in [0.25, 0.3) is 0 Å². The molecule has 1 N–H and O–H groups in total. The standard InChI is InChI=1S/C22H23Cl2N3O3S/c1-15-3-6-17(7-4-15)26-22(28)27(9-10-29-2)12-18-14-31-21(25-18)13-30-20-11-16(23)5-8-19(20)24/h3-8,11,14H,9-10,12-13H2,1-2H3,(H,26,28). The number of urea groups is 1. The number of carbonyl (C=O) groups is 1. The molecule has 2 amide bonds. The molecule has 0 atom stereocenters. The van der Waals surface area contributed by atoms with Crippen molar-refractivity contribution in [3.05, 3.63) is 74.2 Å². The number of hydrogen-bond acceptors (Lipinski definition) is 5. The van der Waals surface area contributed by atoms with E-state index >= 15 is 0 Å². The molecule has 9 heteroatoms. The summed E-state index contributed by atoms with van der Waals surface area (Å²) in [6.07, 6.45) is 0. The van der Waals surface area contributed by atoms with E-state index in [-0.39, 0.29) is 12.6 Å². The smallest absolute Gasteiger partial charge is 0.322 e. The maximum Gasteiger partial charge on any atom is 0.322 e. The average molecular weight is 480 g/mol. The van der Waals surface area contributed by atoms with E-state index in [4.69, 9.17) is 32.7 Å². The van der Waals surface area contributed by atoms with Gasteiger partial charge in [0.2, 0.25) is 0 Å². The number of ether oxygens (including phenoxy) is 2. The zero-order valence-corrected chi connectivity index (χ0v) is 19.6. The van der Waals surface area contributed by atoms with Gasteiger partial charge in [-0.1, -0.05) is 40.9 Å². The van der Waals surface area contributed by atoms with Crippen LogP contribution in [-0.4, -0.2) is 36.2 Å². The molecular weight excluding hydrogens is 457 g/mol. The van der Waals surface area contributed by atoms with Gasteiger partial charge in [-0.2, -0.15) is 0 Å². The van der Waals surface area contributed by atoms with E-state index in [1.54, 1.807) is 30.2 Å². The number of nitrogens with one attached hydrogen (secondary N) is 1. The fourth-order valence-corrected chi connectivity index (χ4v) is 3.73. The Bertz CT molecular complexity index is 1010. The zero-order valence-electron chi connectivity index (χ0n) is 17.2. The molecule has 0 aliphatic rings. The van der Waals surface area contributed by atoms with Crippen molar-refractivity contribution in [2.45, 2.75) is 20.1 Å². The first kappa shape index (κ1) is 23.3. The monoisotopic (exact) mass is 479 g/mol. The minimum atomic E-state index is -0.211. The molecule has 0 fully saturated rings. The first-order chi connectivity index (χ1) is 14.9. The predicted molar refractivity (Wildman–Crippen MR) is 125 cm³/mol. The highest BCUT2D eigenvalue weighted by atomic mass is 35.5. The normalized spacial score (nSPS) is 10.7. The molecule has 2 aromatic carbocycles. The van der Waals surface area contributed by atoms with Crippen molar-refractivity contribution >= 4 is 46.3 Å². The molecule has 3 rings (SSSR count). The summed E-state index contributed by atoms with van der Waals surface area (Å²) >= 11 is 13.6. The molecule has 0 spiro atoms. The Balaban J connectivity index is 1.62. The van der Waals surface area contributed by atoms with Crippen molar-refractivity contribution in [1.29, 1.82) is 0 Å². The number of rotatable bonds is 9. The molecule has 3 aromatic rings. The van der Waals surface area contributed by atoms with Crippen LogP contribution in [0.1, 0.15) is 16.3 Å². The zero-order chi connectivity index (χ0) is 22.2. The largest absolute Gasteiger partial charge is 0.485 e. The van der Waals surface area contributed by atoms with Crippen molar-refractivity contribution in [1.82, 2.24) is 9.88 Å². The van der Waals surface area contributed by atoms with Crippen LogP contribution in [0.5, 0.6) is 5.75 Å². The van der Waals surface area contributed by atoms with Crippen LogP contribution in [0.2, 0.25) is 10.0 Å². The Morgan fingerprint density at radius 1 is 1.19 bits per heavy atom. The molecule has 1 heterocycles. The number of carbonyl (C=O) groups excluding carboxylic acids is 1. The van der Waals surface area contributed by atoms with E-state index in [2.05, 4.69) is 10.3 Å². The Labute approximate surface area is 195 Å². The molecule has 0 bridgehead atoms. The Kier molecular flexibility index (Phi) is 8.54. The molecule has 0 unspecified atom stereocenters. The summed E-state index contributed by atoms with van der Waals surface area (Å²) in [6.45, 7) is 3.48. The van der Waals surface area contributed by atoms with Crippen molar-refractivity contribution in [3.8, 4) is 5.75 Å². The number of hydrogen-bond donors (Lipinski definition) is 1. The van der Waals surface area contributed by atoms with Crippen LogP contribution in [-0.2, 0) is 17.9 Å². The molecule has 0 saturated carbocycles. The summed E-state index contributed by atoms with van der Waals surface area (Å²) in [5, 5.41) is 6.64. The fourth-order valence-electron chi connectivity index (χ4n) is 2.70. The van der Waals surface area contributed by atoms with Crippen LogP contribution >= 0.6 is 34.5 Å². The number of halogens is 2. The van der Waals surface area contributed by atoms with E-state index in [0.717, 1.165) is 22.0 Å². The highest BCUT2D eigenvalue weighted by Crippen LogP contribution is 2.28. The van der Waals surface area contributed by atoms with Gasteiger partial charge in [0.15, 0.2) is 0 Å². The number of anilines is 1. The number of aryl methyl sites for hydroxylation is 1. The summed E-state index contributed by atoms with van der Waals surface area (Å²) in [7, 11) is 1.61. The van der Waals surface area contributed by atoms with Gasteiger partial charge in [0, 0.05) is 35.8 Å². The van der Waals surface area contributed by atoms with Crippen molar-refractivity contribution in [2.24, 2.45) is 0 Å². The second-order valence-electron chi connectivity index (χ2n) is 6.81. The first-order valence-corrected chi connectivity index (χ1v) is 11.2. The van der Waals surface area contributed by atoms with Crippen molar-refractivity contribution in [3.63, 3.8) is 0 Å². The third-order valence-electron chi connectivity index (χ3n) is 4.35. The maximum atomic E-state index is 12.8. The topological polar surface area (TPSA) is 63.7 Å². The van der Waals surface area contributed by atoms with Crippen molar-refractivity contribution < 1.29 is 14.3 Å². The number of thiazole rings is 1. The molecule has 6 nitrogen and oxygen atoms in total. The minimum absolute atomic E-state index is 0.211. The van der Waals surface area contributed by atoms with E-state index in [1.165, 1.54) is 11.3 Å². The lowest BCUT2D eigenvalue weighted by Gasteiger charge is -2.22. The Hall–Kier alpha value is -2.32. The van der Waals surface area contributed by atoms with E-state index in [1.807, 2.05) is 36.6 Å². The predicted octanol–water partition coefficient (Wildman–Crippen LogP) is 6.02. The van der Waals surface area contributed by atoms with Crippen LogP contribution in [0.3, 0.4) is 0 Å². The van der Waals surface area contributed by atoms with Gasteiger partial charge < -0.3 is 19.7 Å².